The number of nitrogens with one attached hydrogen (secondary N) is 3. The molecule has 0 radical (unpaired) electrons. The lowest BCUT2D eigenvalue weighted by Crippen LogP contribution is -2.28. The molecule has 24 heavy (non-hydrogen) atoms. The van der Waals surface area contributed by atoms with E-state index in [2.05, 4.69) is 16.0 Å². The zero-order valence-electron chi connectivity index (χ0n) is 13.9. The van der Waals surface area contributed by atoms with Gasteiger partial charge in [-0.05, 0) is 37.1 Å². The Morgan fingerprint density at radius 3 is 2.21 bits per heavy atom. The summed E-state index contributed by atoms with van der Waals surface area (Å²) in [6.07, 6.45) is 1.33. The maximum absolute atomic E-state index is 12.1. The van der Waals surface area contributed by atoms with Crippen LogP contribution in [0.25, 0.3) is 0 Å². The fourth-order valence-electron chi connectivity index (χ4n) is 2.41. The summed E-state index contributed by atoms with van der Waals surface area (Å²) in [4.78, 5) is 35.0. The molecule has 1 aromatic carbocycles. The predicted molar refractivity (Wildman–Crippen MR) is 90.5 cm³/mol. The highest BCUT2D eigenvalue weighted by atomic mass is 16.5. The Kier molecular flexibility index (Phi) is 6.31. The highest BCUT2D eigenvalue weighted by molar-refractivity contribution is 5.99. The van der Waals surface area contributed by atoms with Gasteiger partial charge in [0.2, 0.25) is 17.7 Å². The molecule has 2 atom stereocenters. The van der Waals surface area contributed by atoms with Crippen molar-refractivity contribution in [3.63, 3.8) is 0 Å². The lowest BCUT2D eigenvalue weighted by Gasteiger charge is -2.07. The normalized spacial score (nSPS) is 18.6. The van der Waals surface area contributed by atoms with Gasteiger partial charge in [-0.3, -0.25) is 14.4 Å². The fraction of sp³-hybridized carbons (Fsp3) is 0.471. The minimum atomic E-state index is -0.276. The van der Waals surface area contributed by atoms with Gasteiger partial charge in [0.1, 0.15) is 0 Å². The number of rotatable bonds is 8. The quantitative estimate of drug-likeness (QED) is 0.626. The molecule has 0 spiro atoms. The van der Waals surface area contributed by atoms with Gasteiger partial charge >= 0.3 is 0 Å². The topological polar surface area (TPSA) is 96.5 Å². The summed E-state index contributed by atoms with van der Waals surface area (Å²) >= 11 is 0. The summed E-state index contributed by atoms with van der Waals surface area (Å²) in [5.41, 5.74) is 1.31. The van der Waals surface area contributed by atoms with E-state index in [0.29, 0.717) is 30.9 Å². The van der Waals surface area contributed by atoms with Crippen LogP contribution >= 0.6 is 0 Å². The van der Waals surface area contributed by atoms with Crippen LogP contribution in [-0.4, -0.2) is 38.0 Å². The van der Waals surface area contributed by atoms with Crippen molar-refractivity contribution in [3.8, 4) is 0 Å². The lowest BCUT2D eigenvalue weighted by atomic mass is 10.2. The van der Waals surface area contributed by atoms with E-state index < -0.39 is 0 Å². The van der Waals surface area contributed by atoms with E-state index in [1.807, 2.05) is 0 Å². The molecule has 0 heterocycles. The molecule has 0 aliphatic heterocycles. The molecule has 2 unspecified atom stereocenters. The number of hydrogen-bond acceptors (Lipinski definition) is 4. The Labute approximate surface area is 141 Å². The average Bonchev–Trinajstić information content (AvgIpc) is 3.33. The van der Waals surface area contributed by atoms with Crippen LogP contribution in [0.3, 0.4) is 0 Å². The molecule has 2 rings (SSSR count). The molecule has 1 aromatic rings. The summed E-state index contributed by atoms with van der Waals surface area (Å²) in [5.74, 6) is -0.899. The maximum Gasteiger partial charge on any atom is 0.228 e. The molecule has 3 amide bonds. The first-order chi connectivity index (χ1) is 11.5. The molecule has 1 saturated carbocycles. The van der Waals surface area contributed by atoms with Gasteiger partial charge in [-0.25, -0.2) is 0 Å². The van der Waals surface area contributed by atoms with Crippen LogP contribution in [0.15, 0.2) is 24.3 Å². The van der Waals surface area contributed by atoms with Crippen molar-refractivity contribution >= 4 is 29.1 Å². The van der Waals surface area contributed by atoms with Crippen LogP contribution < -0.4 is 16.0 Å². The zero-order valence-corrected chi connectivity index (χ0v) is 13.9. The van der Waals surface area contributed by atoms with E-state index in [1.165, 1.54) is 6.92 Å². The number of benzene rings is 1. The van der Waals surface area contributed by atoms with Gasteiger partial charge in [-0.2, -0.15) is 0 Å². The Morgan fingerprint density at radius 1 is 1.04 bits per heavy atom. The third kappa shape index (κ3) is 5.34. The second-order valence-electron chi connectivity index (χ2n) is 5.83. The fourth-order valence-corrected chi connectivity index (χ4v) is 2.41. The Hall–Kier alpha value is -2.41. The SMILES string of the molecule is COCCCNC(=O)C1CC1C(=O)Nc1ccc(NC(C)=O)cc1. The first-order valence-electron chi connectivity index (χ1n) is 7.96. The molecule has 3 N–H and O–H groups in total. The van der Waals surface area contributed by atoms with Crippen LogP contribution in [0.5, 0.6) is 0 Å². The van der Waals surface area contributed by atoms with Crippen LogP contribution in [0.4, 0.5) is 11.4 Å². The minimum Gasteiger partial charge on any atom is -0.385 e. The molecule has 1 aliphatic carbocycles. The maximum atomic E-state index is 12.1. The number of methoxy groups -OCH3 is 1. The van der Waals surface area contributed by atoms with Crippen molar-refractivity contribution in [3.05, 3.63) is 24.3 Å². The molecule has 130 valence electrons. The number of anilines is 2. The number of carbonyl (C=O) groups excluding carboxylic acids is 3. The van der Waals surface area contributed by atoms with E-state index in [9.17, 15) is 14.4 Å². The summed E-state index contributed by atoms with van der Waals surface area (Å²) in [5, 5.41) is 8.27. The highest BCUT2D eigenvalue weighted by Gasteiger charge is 2.47. The van der Waals surface area contributed by atoms with Gasteiger partial charge in [0.25, 0.3) is 0 Å². The minimum absolute atomic E-state index is 0.0766. The molecule has 0 bridgehead atoms. The first kappa shape index (κ1) is 17.9. The highest BCUT2D eigenvalue weighted by Crippen LogP contribution is 2.39. The molecule has 1 aliphatic rings. The van der Waals surface area contributed by atoms with E-state index in [1.54, 1.807) is 31.4 Å². The van der Waals surface area contributed by atoms with Crippen LogP contribution in [0.2, 0.25) is 0 Å². The standard InChI is InChI=1S/C17H23N3O4/c1-11(21)19-12-4-6-13(7-5-12)20-17(23)15-10-14(15)16(22)18-8-3-9-24-2/h4-7,14-15H,3,8-10H2,1-2H3,(H,18,22)(H,19,21)(H,20,23). The molecule has 7 nitrogen and oxygen atoms in total. The molecule has 0 aromatic heterocycles. The van der Waals surface area contributed by atoms with Crippen molar-refractivity contribution in [1.29, 1.82) is 0 Å². The molecule has 0 saturated heterocycles. The predicted octanol–water partition coefficient (Wildman–Crippen LogP) is 1.37. The summed E-state index contributed by atoms with van der Waals surface area (Å²) in [6, 6.07) is 6.85. The van der Waals surface area contributed by atoms with Gasteiger partial charge in [0.05, 0.1) is 11.8 Å². The van der Waals surface area contributed by atoms with Gasteiger partial charge < -0.3 is 20.7 Å². The second kappa shape index (κ2) is 8.44. The van der Waals surface area contributed by atoms with Crippen LogP contribution in [0, 0.1) is 11.8 Å². The number of hydrogen-bond donors (Lipinski definition) is 3. The first-order valence-corrected chi connectivity index (χ1v) is 7.96. The van der Waals surface area contributed by atoms with Gasteiger partial charge in [-0.15, -0.1) is 0 Å². The molecule has 7 heteroatoms. The van der Waals surface area contributed by atoms with E-state index in [-0.39, 0.29) is 29.6 Å². The van der Waals surface area contributed by atoms with Gasteiger partial charge in [-0.1, -0.05) is 0 Å². The summed E-state index contributed by atoms with van der Waals surface area (Å²) in [7, 11) is 1.62. The number of carbonyl (C=O) groups is 3. The Balaban J connectivity index is 1.75. The van der Waals surface area contributed by atoms with E-state index >= 15 is 0 Å². The second-order valence-corrected chi connectivity index (χ2v) is 5.83. The summed E-state index contributed by atoms with van der Waals surface area (Å²) < 4.78 is 4.92. The van der Waals surface area contributed by atoms with Crippen molar-refractivity contribution < 1.29 is 19.1 Å². The number of ether oxygens (including phenoxy) is 1. The third-order valence-corrected chi connectivity index (χ3v) is 3.76. The molecular weight excluding hydrogens is 310 g/mol. The van der Waals surface area contributed by atoms with Crippen molar-refractivity contribution in [1.82, 2.24) is 5.32 Å². The van der Waals surface area contributed by atoms with Crippen LogP contribution in [0.1, 0.15) is 19.8 Å². The van der Waals surface area contributed by atoms with Crippen molar-refractivity contribution in [2.45, 2.75) is 19.8 Å². The monoisotopic (exact) mass is 333 g/mol. The largest absolute Gasteiger partial charge is 0.385 e. The Morgan fingerprint density at radius 2 is 1.62 bits per heavy atom. The lowest BCUT2D eigenvalue weighted by molar-refractivity contribution is -0.125. The van der Waals surface area contributed by atoms with Gasteiger partial charge in [0.15, 0.2) is 0 Å². The average molecular weight is 333 g/mol. The van der Waals surface area contributed by atoms with Gasteiger partial charge in [0, 0.05) is 38.6 Å². The van der Waals surface area contributed by atoms with E-state index in [4.69, 9.17) is 4.74 Å². The summed E-state index contributed by atoms with van der Waals surface area (Å²) in [6.45, 7) is 2.59. The third-order valence-electron chi connectivity index (χ3n) is 3.76. The molecule has 1 fully saturated rings. The molecular formula is C17H23N3O4. The smallest absolute Gasteiger partial charge is 0.228 e. The van der Waals surface area contributed by atoms with Crippen molar-refractivity contribution in [2.24, 2.45) is 11.8 Å². The van der Waals surface area contributed by atoms with Crippen LogP contribution in [-0.2, 0) is 19.1 Å². The number of amides is 3. The zero-order chi connectivity index (χ0) is 17.5. The van der Waals surface area contributed by atoms with E-state index in [0.717, 1.165) is 6.42 Å². The van der Waals surface area contributed by atoms with Crippen molar-refractivity contribution in [2.75, 3.05) is 30.9 Å². The Bertz CT molecular complexity index is 600.